The summed E-state index contributed by atoms with van der Waals surface area (Å²) in [6.07, 6.45) is -0.180. The largest absolute Gasteiger partial charge is 0.394 e. The van der Waals surface area contributed by atoms with Crippen molar-refractivity contribution in [2.75, 3.05) is 38.2 Å². The molecule has 0 spiro atoms. The molecule has 1 fully saturated rings. The fourth-order valence-electron chi connectivity index (χ4n) is 2.16. The number of benzene rings is 1. The van der Waals surface area contributed by atoms with E-state index in [-0.39, 0.29) is 18.6 Å². The molecule has 1 aliphatic rings. The van der Waals surface area contributed by atoms with E-state index in [1.54, 1.807) is 0 Å². The first-order valence-corrected chi connectivity index (χ1v) is 6.48. The predicted molar refractivity (Wildman–Crippen MR) is 73.1 cm³/mol. The third-order valence-corrected chi connectivity index (χ3v) is 3.10. The fourth-order valence-corrected chi connectivity index (χ4v) is 2.16. The highest BCUT2D eigenvalue weighted by Crippen LogP contribution is 2.10. The minimum atomic E-state index is -0.180. The van der Waals surface area contributed by atoms with Crippen molar-refractivity contribution in [1.82, 2.24) is 4.90 Å². The monoisotopic (exact) mass is 264 g/mol. The Hall–Kier alpha value is -1.43. The van der Waals surface area contributed by atoms with Crippen LogP contribution in [0.15, 0.2) is 24.3 Å². The molecule has 1 unspecified atom stereocenters. The number of hydrogen-bond acceptors (Lipinski definition) is 4. The molecule has 5 heteroatoms. The molecule has 1 amide bonds. The van der Waals surface area contributed by atoms with Gasteiger partial charge in [-0.25, -0.2) is 0 Å². The third-order valence-electron chi connectivity index (χ3n) is 3.10. The first kappa shape index (κ1) is 14.0. The van der Waals surface area contributed by atoms with E-state index in [0.29, 0.717) is 19.7 Å². The standard InChI is InChI=1S/C14H20N2O3/c1-11-3-2-4-12(7-11)15-14(18)9-16-5-6-19-13(8-16)10-17/h2-4,7,13,17H,5-6,8-10H2,1H3,(H,15,18). The van der Waals surface area contributed by atoms with Crippen molar-refractivity contribution in [2.45, 2.75) is 13.0 Å². The Morgan fingerprint density at radius 2 is 2.42 bits per heavy atom. The summed E-state index contributed by atoms with van der Waals surface area (Å²) in [6.45, 7) is 4.19. The second-order valence-electron chi connectivity index (χ2n) is 4.83. The average Bonchev–Trinajstić information content (AvgIpc) is 2.38. The molecule has 0 bridgehead atoms. The molecule has 0 radical (unpaired) electrons. The van der Waals surface area contributed by atoms with Crippen molar-refractivity contribution in [2.24, 2.45) is 0 Å². The molecule has 2 rings (SSSR count). The van der Waals surface area contributed by atoms with Crippen LogP contribution in [-0.2, 0) is 9.53 Å². The van der Waals surface area contributed by atoms with Gasteiger partial charge in [0.05, 0.1) is 25.9 Å². The topological polar surface area (TPSA) is 61.8 Å². The minimum Gasteiger partial charge on any atom is -0.394 e. The zero-order valence-corrected chi connectivity index (χ0v) is 11.1. The molecule has 2 N–H and O–H groups in total. The number of ether oxygens (including phenoxy) is 1. The highest BCUT2D eigenvalue weighted by Gasteiger charge is 2.21. The Labute approximate surface area is 113 Å². The normalized spacial score (nSPS) is 20.2. The molecule has 1 aromatic carbocycles. The van der Waals surface area contributed by atoms with Gasteiger partial charge < -0.3 is 15.2 Å². The van der Waals surface area contributed by atoms with Crippen LogP contribution in [0, 0.1) is 6.92 Å². The number of amides is 1. The highest BCUT2D eigenvalue weighted by atomic mass is 16.5. The summed E-state index contributed by atoms with van der Waals surface area (Å²) in [6, 6.07) is 7.72. The second kappa shape index (κ2) is 6.65. The molecule has 0 saturated carbocycles. The van der Waals surface area contributed by atoms with Crippen molar-refractivity contribution in [3.63, 3.8) is 0 Å². The van der Waals surface area contributed by atoms with E-state index in [9.17, 15) is 4.79 Å². The number of carbonyl (C=O) groups is 1. The Kier molecular flexibility index (Phi) is 4.90. The summed E-state index contributed by atoms with van der Waals surface area (Å²) < 4.78 is 5.35. The number of nitrogens with zero attached hydrogens (tertiary/aromatic N) is 1. The van der Waals surface area contributed by atoms with Crippen LogP contribution in [0.5, 0.6) is 0 Å². The summed E-state index contributed by atoms with van der Waals surface area (Å²) >= 11 is 0. The molecule has 1 atom stereocenters. The quantitative estimate of drug-likeness (QED) is 0.837. The fraction of sp³-hybridized carbons (Fsp3) is 0.500. The van der Waals surface area contributed by atoms with Crippen molar-refractivity contribution in [3.05, 3.63) is 29.8 Å². The van der Waals surface area contributed by atoms with Gasteiger partial charge in [-0.05, 0) is 24.6 Å². The maximum Gasteiger partial charge on any atom is 0.238 e. The van der Waals surface area contributed by atoms with E-state index in [4.69, 9.17) is 9.84 Å². The molecule has 19 heavy (non-hydrogen) atoms. The number of rotatable bonds is 4. The molecular formula is C14H20N2O3. The maximum atomic E-state index is 11.9. The number of aliphatic hydroxyl groups excluding tert-OH is 1. The van der Waals surface area contributed by atoms with Crippen LogP contribution in [0.1, 0.15) is 5.56 Å². The van der Waals surface area contributed by atoms with Gasteiger partial charge in [-0.1, -0.05) is 12.1 Å². The third kappa shape index (κ3) is 4.31. The summed E-state index contributed by atoms with van der Waals surface area (Å²) in [5, 5.41) is 11.9. The van der Waals surface area contributed by atoms with Gasteiger partial charge in [0.15, 0.2) is 0 Å². The SMILES string of the molecule is Cc1cccc(NC(=O)CN2CCOC(CO)C2)c1. The van der Waals surface area contributed by atoms with Crippen molar-refractivity contribution >= 4 is 11.6 Å². The molecule has 1 saturated heterocycles. The van der Waals surface area contributed by atoms with E-state index < -0.39 is 0 Å². The number of aliphatic hydroxyl groups is 1. The summed E-state index contributed by atoms with van der Waals surface area (Å²) in [5.74, 6) is -0.0378. The van der Waals surface area contributed by atoms with E-state index in [0.717, 1.165) is 17.8 Å². The molecule has 1 aromatic rings. The lowest BCUT2D eigenvalue weighted by atomic mass is 10.2. The van der Waals surface area contributed by atoms with Crippen LogP contribution < -0.4 is 5.32 Å². The predicted octanol–water partition coefficient (Wildman–Crippen LogP) is 0.627. The Morgan fingerprint density at radius 1 is 1.58 bits per heavy atom. The first-order chi connectivity index (χ1) is 9.17. The van der Waals surface area contributed by atoms with Crippen molar-refractivity contribution in [3.8, 4) is 0 Å². The zero-order valence-electron chi connectivity index (χ0n) is 11.1. The van der Waals surface area contributed by atoms with E-state index in [1.165, 1.54) is 0 Å². The lowest BCUT2D eigenvalue weighted by Gasteiger charge is -2.31. The first-order valence-electron chi connectivity index (χ1n) is 6.48. The van der Waals surface area contributed by atoms with Gasteiger partial charge in [-0.15, -0.1) is 0 Å². The average molecular weight is 264 g/mol. The molecule has 5 nitrogen and oxygen atoms in total. The van der Waals surface area contributed by atoms with Crippen LogP contribution in [0.25, 0.3) is 0 Å². The molecule has 1 heterocycles. The number of aryl methyl sites for hydroxylation is 1. The van der Waals surface area contributed by atoms with E-state index in [1.807, 2.05) is 36.1 Å². The molecule has 1 aliphatic heterocycles. The van der Waals surface area contributed by atoms with Crippen LogP contribution in [-0.4, -0.2) is 54.9 Å². The second-order valence-corrected chi connectivity index (χ2v) is 4.83. The van der Waals surface area contributed by atoms with Crippen LogP contribution in [0.3, 0.4) is 0 Å². The lowest BCUT2D eigenvalue weighted by molar-refractivity contribution is -0.120. The zero-order chi connectivity index (χ0) is 13.7. The number of hydrogen-bond donors (Lipinski definition) is 2. The van der Waals surface area contributed by atoms with Gasteiger partial charge in [-0.2, -0.15) is 0 Å². The van der Waals surface area contributed by atoms with Gasteiger partial charge in [-0.3, -0.25) is 9.69 Å². The Morgan fingerprint density at radius 3 is 3.16 bits per heavy atom. The molecule has 0 aliphatic carbocycles. The lowest BCUT2D eigenvalue weighted by Crippen LogP contribution is -2.46. The van der Waals surface area contributed by atoms with Gasteiger partial charge in [0.2, 0.25) is 5.91 Å². The van der Waals surface area contributed by atoms with Gasteiger partial charge in [0.25, 0.3) is 0 Å². The number of nitrogens with one attached hydrogen (secondary N) is 1. The van der Waals surface area contributed by atoms with Crippen LogP contribution >= 0.6 is 0 Å². The number of morpholine rings is 1. The molecular weight excluding hydrogens is 244 g/mol. The maximum absolute atomic E-state index is 11.9. The summed E-state index contributed by atoms with van der Waals surface area (Å²) in [5.41, 5.74) is 1.93. The highest BCUT2D eigenvalue weighted by molar-refractivity contribution is 5.92. The van der Waals surface area contributed by atoms with Gasteiger partial charge in [0.1, 0.15) is 0 Å². The van der Waals surface area contributed by atoms with Crippen LogP contribution in [0.2, 0.25) is 0 Å². The summed E-state index contributed by atoms with van der Waals surface area (Å²) in [4.78, 5) is 13.9. The Bertz CT molecular complexity index is 436. The summed E-state index contributed by atoms with van der Waals surface area (Å²) in [7, 11) is 0. The van der Waals surface area contributed by atoms with Crippen molar-refractivity contribution < 1.29 is 14.6 Å². The van der Waals surface area contributed by atoms with Crippen LogP contribution in [0.4, 0.5) is 5.69 Å². The molecule has 104 valence electrons. The smallest absolute Gasteiger partial charge is 0.238 e. The van der Waals surface area contributed by atoms with Gasteiger partial charge in [0, 0.05) is 18.8 Å². The van der Waals surface area contributed by atoms with E-state index >= 15 is 0 Å². The number of carbonyl (C=O) groups excluding carboxylic acids is 1. The van der Waals surface area contributed by atoms with Gasteiger partial charge >= 0.3 is 0 Å². The number of anilines is 1. The molecule has 0 aromatic heterocycles. The Balaban J connectivity index is 1.84. The minimum absolute atomic E-state index is 0.00397. The van der Waals surface area contributed by atoms with Crippen molar-refractivity contribution in [1.29, 1.82) is 0 Å². The van der Waals surface area contributed by atoms with E-state index in [2.05, 4.69) is 5.32 Å².